The molecule has 16 heavy (non-hydrogen) atoms. The summed E-state index contributed by atoms with van der Waals surface area (Å²) < 4.78 is 10.9. The van der Waals surface area contributed by atoms with Crippen molar-refractivity contribution in [3.8, 4) is 0 Å². The third-order valence-corrected chi connectivity index (χ3v) is 3.12. The summed E-state index contributed by atoms with van der Waals surface area (Å²) in [7, 11) is 0. The topological polar surface area (TPSA) is 61.3 Å². The lowest BCUT2D eigenvalue weighted by Crippen LogP contribution is -2.35. The Morgan fingerprint density at radius 2 is 2.25 bits per heavy atom. The van der Waals surface area contributed by atoms with Gasteiger partial charge in [0, 0.05) is 12.1 Å². The fourth-order valence-electron chi connectivity index (χ4n) is 2.18. The minimum atomic E-state index is 0.173. The van der Waals surface area contributed by atoms with Crippen LogP contribution in [0.15, 0.2) is 10.6 Å². The van der Waals surface area contributed by atoms with Crippen LogP contribution in [0.3, 0.4) is 0 Å². The third kappa shape index (κ3) is 3.06. The standard InChI is InChI=1S/C12H20N2O2/c1-9-7-10(16-14-9)8-15-12-6-4-2-3-5-11(12)13/h7,11-12H,2-6,8,13H2,1H3. The van der Waals surface area contributed by atoms with Crippen LogP contribution in [-0.2, 0) is 11.3 Å². The molecule has 1 aromatic rings. The Morgan fingerprint density at radius 1 is 1.44 bits per heavy atom. The highest BCUT2D eigenvalue weighted by Gasteiger charge is 2.21. The van der Waals surface area contributed by atoms with E-state index in [1.807, 2.05) is 13.0 Å². The highest BCUT2D eigenvalue weighted by Crippen LogP contribution is 2.20. The Morgan fingerprint density at radius 3 is 3.00 bits per heavy atom. The molecular weight excluding hydrogens is 204 g/mol. The molecule has 90 valence electrons. The second kappa shape index (κ2) is 5.46. The van der Waals surface area contributed by atoms with E-state index in [2.05, 4.69) is 5.16 Å². The molecule has 2 atom stereocenters. The van der Waals surface area contributed by atoms with Crippen molar-refractivity contribution in [2.45, 2.75) is 57.8 Å². The first-order chi connectivity index (χ1) is 7.75. The molecule has 1 saturated carbocycles. The maximum absolute atomic E-state index is 6.08. The van der Waals surface area contributed by atoms with Gasteiger partial charge in [-0.2, -0.15) is 0 Å². The van der Waals surface area contributed by atoms with E-state index in [1.54, 1.807) is 0 Å². The third-order valence-electron chi connectivity index (χ3n) is 3.12. The number of hydrogen-bond donors (Lipinski definition) is 1. The molecule has 1 aliphatic carbocycles. The number of nitrogens with two attached hydrogens (primary N) is 1. The zero-order valence-corrected chi connectivity index (χ0v) is 9.82. The van der Waals surface area contributed by atoms with E-state index in [1.165, 1.54) is 19.3 Å². The van der Waals surface area contributed by atoms with Crippen molar-refractivity contribution in [2.24, 2.45) is 5.73 Å². The van der Waals surface area contributed by atoms with Crippen molar-refractivity contribution >= 4 is 0 Å². The number of ether oxygens (including phenoxy) is 1. The summed E-state index contributed by atoms with van der Waals surface area (Å²) in [4.78, 5) is 0. The Balaban J connectivity index is 1.83. The van der Waals surface area contributed by atoms with Crippen molar-refractivity contribution < 1.29 is 9.26 Å². The highest BCUT2D eigenvalue weighted by molar-refractivity contribution is 5.01. The summed E-state index contributed by atoms with van der Waals surface area (Å²) in [5.74, 6) is 0.786. The number of hydrogen-bond acceptors (Lipinski definition) is 4. The summed E-state index contributed by atoms with van der Waals surface area (Å²) >= 11 is 0. The number of aromatic nitrogens is 1. The summed E-state index contributed by atoms with van der Waals surface area (Å²) in [6, 6.07) is 2.08. The van der Waals surface area contributed by atoms with E-state index in [-0.39, 0.29) is 12.1 Å². The van der Waals surface area contributed by atoms with E-state index in [0.717, 1.165) is 24.3 Å². The average Bonchev–Trinajstić information content (AvgIpc) is 2.56. The molecule has 4 nitrogen and oxygen atoms in total. The van der Waals surface area contributed by atoms with Gasteiger partial charge in [-0.25, -0.2) is 0 Å². The predicted molar refractivity (Wildman–Crippen MR) is 60.9 cm³/mol. The van der Waals surface area contributed by atoms with Gasteiger partial charge in [-0.3, -0.25) is 0 Å². The maximum atomic E-state index is 6.08. The van der Waals surface area contributed by atoms with E-state index in [0.29, 0.717) is 6.61 Å². The monoisotopic (exact) mass is 224 g/mol. The number of aryl methyl sites for hydroxylation is 1. The van der Waals surface area contributed by atoms with Crippen LogP contribution in [0.5, 0.6) is 0 Å². The van der Waals surface area contributed by atoms with Crippen molar-refractivity contribution in [3.05, 3.63) is 17.5 Å². The molecule has 2 N–H and O–H groups in total. The lowest BCUT2D eigenvalue weighted by atomic mass is 10.1. The summed E-state index contributed by atoms with van der Waals surface area (Å²) in [6.07, 6.45) is 6.02. The van der Waals surface area contributed by atoms with Gasteiger partial charge >= 0.3 is 0 Å². The zero-order chi connectivity index (χ0) is 11.4. The molecule has 1 aromatic heterocycles. The largest absolute Gasteiger partial charge is 0.369 e. The normalized spacial score (nSPS) is 26.6. The first-order valence-corrected chi connectivity index (χ1v) is 6.05. The van der Waals surface area contributed by atoms with Crippen LogP contribution < -0.4 is 5.73 Å². The van der Waals surface area contributed by atoms with E-state index in [9.17, 15) is 0 Å². The Hall–Kier alpha value is -0.870. The molecule has 2 unspecified atom stereocenters. The van der Waals surface area contributed by atoms with Crippen LogP contribution >= 0.6 is 0 Å². The molecule has 2 rings (SSSR count). The van der Waals surface area contributed by atoms with Gasteiger partial charge < -0.3 is 15.0 Å². The van der Waals surface area contributed by atoms with Crippen LogP contribution in [0.4, 0.5) is 0 Å². The van der Waals surface area contributed by atoms with E-state index < -0.39 is 0 Å². The molecule has 0 spiro atoms. The Kier molecular flexibility index (Phi) is 3.96. The molecule has 4 heteroatoms. The van der Waals surface area contributed by atoms with Crippen molar-refractivity contribution in [3.63, 3.8) is 0 Å². The zero-order valence-electron chi connectivity index (χ0n) is 9.82. The number of rotatable bonds is 3. The molecule has 0 bridgehead atoms. The molecule has 1 fully saturated rings. The van der Waals surface area contributed by atoms with Gasteiger partial charge in [-0.05, 0) is 19.8 Å². The van der Waals surface area contributed by atoms with Crippen LogP contribution in [0, 0.1) is 6.92 Å². The summed E-state index contributed by atoms with van der Waals surface area (Å²) in [6.45, 7) is 2.39. The van der Waals surface area contributed by atoms with Gasteiger partial charge in [0.15, 0.2) is 5.76 Å². The van der Waals surface area contributed by atoms with Crippen LogP contribution in [-0.4, -0.2) is 17.3 Å². The fourth-order valence-corrected chi connectivity index (χ4v) is 2.18. The van der Waals surface area contributed by atoms with Gasteiger partial charge in [0.05, 0.1) is 11.8 Å². The van der Waals surface area contributed by atoms with Crippen molar-refractivity contribution in [1.29, 1.82) is 0 Å². The summed E-state index contributed by atoms with van der Waals surface area (Å²) in [5.41, 5.74) is 6.97. The molecule has 1 aliphatic rings. The number of nitrogens with zero attached hydrogens (tertiary/aromatic N) is 1. The molecule has 0 radical (unpaired) electrons. The lowest BCUT2D eigenvalue weighted by molar-refractivity contribution is 0.00896. The molecule has 0 amide bonds. The van der Waals surface area contributed by atoms with Gasteiger partial charge in [-0.1, -0.05) is 24.4 Å². The van der Waals surface area contributed by atoms with Gasteiger partial charge in [-0.15, -0.1) is 0 Å². The van der Waals surface area contributed by atoms with Crippen molar-refractivity contribution in [2.75, 3.05) is 0 Å². The van der Waals surface area contributed by atoms with Crippen LogP contribution in [0.25, 0.3) is 0 Å². The lowest BCUT2D eigenvalue weighted by Gasteiger charge is -2.20. The van der Waals surface area contributed by atoms with Gasteiger partial charge in [0.1, 0.15) is 6.61 Å². The molecule has 1 heterocycles. The van der Waals surface area contributed by atoms with E-state index in [4.69, 9.17) is 15.0 Å². The van der Waals surface area contributed by atoms with E-state index >= 15 is 0 Å². The fraction of sp³-hybridized carbons (Fsp3) is 0.750. The van der Waals surface area contributed by atoms with Crippen LogP contribution in [0.2, 0.25) is 0 Å². The predicted octanol–water partition coefficient (Wildman–Crippen LogP) is 2.16. The smallest absolute Gasteiger partial charge is 0.162 e. The molecule has 0 saturated heterocycles. The average molecular weight is 224 g/mol. The second-order valence-electron chi connectivity index (χ2n) is 4.59. The minimum Gasteiger partial charge on any atom is -0.369 e. The van der Waals surface area contributed by atoms with Crippen molar-refractivity contribution in [1.82, 2.24) is 5.16 Å². The Bertz CT molecular complexity index is 325. The molecular formula is C12H20N2O2. The summed E-state index contributed by atoms with van der Waals surface area (Å²) in [5, 5.41) is 3.83. The minimum absolute atomic E-state index is 0.173. The first-order valence-electron chi connectivity index (χ1n) is 6.05. The molecule has 0 aromatic carbocycles. The Labute approximate surface area is 96.1 Å². The van der Waals surface area contributed by atoms with Gasteiger partial charge in [0.25, 0.3) is 0 Å². The second-order valence-corrected chi connectivity index (χ2v) is 4.59. The van der Waals surface area contributed by atoms with Gasteiger partial charge in [0.2, 0.25) is 0 Å². The molecule has 0 aliphatic heterocycles. The maximum Gasteiger partial charge on any atom is 0.162 e. The van der Waals surface area contributed by atoms with Crippen LogP contribution in [0.1, 0.15) is 43.6 Å². The first kappa shape index (κ1) is 11.6. The SMILES string of the molecule is Cc1cc(COC2CCCCCC2N)on1. The quantitative estimate of drug-likeness (QED) is 0.799. The highest BCUT2D eigenvalue weighted by atomic mass is 16.5.